The summed E-state index contributed by atoms with van der Waals surface area (Å²) in [7, 11) is 1.51. The van der Waals surface area contributed by atoms with E-state index in [4.69, 9.17) is 16.3 Å². The molecule has 1 N–H and O–H groups in total. The Balaban J connectivity index is 1.83. The van der Waals surface area contributed by atoms with Crippen LogP contribution in [0, 0.1) is 5.92 Å². The Morgan fingerprint density at radius 2 is 2.06 bits per heavy atom. The Bertz CT molecular complexity index is 368. The van der Waals surface area contributed by atoms with E-state index in [2.05, 4.69) is 20.3 Å². The molecule has 0 saturated heterocycles. The van der Waals surface area contributed by atoms with E-state index in [1.165, 1.54) is 32.8 Å². The van der Waals surface area contributed by atoms with Crippen molar-refractivity contribution in [2.24, 2.45) is 5.92 Å². The molecule has 0 amide bonds. The molecule has 1 heterocycles. The summed E-state index contributed by atoms with van der Waals surface area (Å²) >= 11 is 5.75. The Morgan fingerprint density at radius 3 is 2.76 bits per heavy atom. The molecule has 1 aliphatic rings. The van der Waals surface area contributed by atoms with Gasteiger partial charge < -0.3 is 10.1 Å². The van der Waals surface area contributed by atoms with Gasteiger partial charge in [-0.2, -0.15) is 15.0 Å². The van der Waals surface area contributed by atoms with Crippen molar-refractivity contribution in [3.63, 3.8) is 0 Å². The maximum Gasteiger partial charge on any atom is 0.322 e. The van der Waals surface area contributed by atoms with Gasteiger partial charge in [-0.15, -0.1) is 0 Å². The van der Waals surface area contributed by atoms with Crippen LogP contribution in [-0.4, -0.2) is 28.6 Å². The molecule has 6 heteroatoms. The summed E-state index contributed by atoms with van der Waals surface area (Å²) < 4.78 is 4.93. The quantitative estimate of drug-likeness (QED) is 0.877. The summed E-state index contributed by atoms with van der Waals surface area (Å²) in [5.74, 6) is 1.33. The molecule has 1 aliphatic carbocycles. The molecular weight excluding hydrogens is 240 g/mol. The molecule has 0 spiro atoms. The van der Waals surface area contributed by atoms with E-state index >= 15 is 0 Å². The van der Waals surface area contributed by atoms with Gasteiger partial charge >= 0.3 is 6.01 Å². The largest absolute Gasteiger partial charge is 0.467 e. The molecule has 0 unspecified atom stereocenters. The second-order valence-corrected chi connectivity index (χ2v) is 4.62. The highest BCUT2D eigenvalue weighted by Gasteiger charge is 2.14. The van der Waals surface area contributed by atoms with Gasteiger partial charge in [0.05, 0.1) is 7.11 Å². The molecule has 0 atom stereocenters. The van der Waals surface area contributed by atoms with E-state index in [0.29, 0.717) is 5.95 Å². The lowest BCUT2D eigenvalue weighted by atomic mass is 10.0. The first kappa shape index (κ1) is 12.4. The van der Waals surface area contributed by atoms with E-state index in [1.807, 2.05) is 0 Å². The molecule has 17 heavy (non-hydrogen) atoms. The molecule has 1 aromatic rings. The minimum Gasteiger partial charge on any atom is -0.467 e. The monoisotopic (exact) mass is 256 g/mol. The molecule has 1 fully saturated rings. The van der Waals surface area contributed by atoms with Gasteiger partial charge in [0.25, 0.3) is 0 Å². The lowest BCUT2D eigenvalue weighted by Crippen LogP contribution is -2.10. The lowest BCUT2D eigenvalue weighted by Gasteiger charge is -2.09. The second kappa shape index (κ2) is 6.00. The number of nitrogens with one attached hydrogen (secondary N) is 1. The van der Waals surface area contributed by atoms with Crippen LogP contribution >= 0.6 is 11.6 Å². The molecule has 0 bridgehead atoms. The zero-order valence-electron chi connectivity index (χ0n) is 9.95. The third-order valence-corrected chi connectivity index (χ3v) is 3.25. The molecule has 1 aromatic heterocycles. The normalized spacial score (nSPS) is 16.1. The summed E-state index contributed by atoms with van der Waals surface area (Å²) in [6, 6.07) is 0.244. The number of hydrogen-bond acceptors (Lipinski definition) is 5. The molecule has 1 saturated carbocycles. The van der Waals surface area contributed by atoms with Gasteiger partial charge in [0, 0.05) is 6.54 Å². The smallest absolute Gasteiger partial charge is 0.322 e. The van der Waals surface area contributed by atoms with Crippen molar-refractivity contribution in [3.8, 4) is 6.01 Å². The lowest BCUT2D eigenvalue weighted by molar-refractivity contribution is 0.378. The highest BCUT2D eigenvalue weighted by Crippen LogP contribution is 2.27. The van der Waals surface area contributed by atoms with Crippen LogP contribution in [0.5, 0.6) is 6.01 Å². The van der Waals surface area contributed by atoms with Crippen LogP contribution in [-0.2, 0) is 0 Å². The van der Waals surface area contributed by atoms with Crippen LogP contribution in [0.2, 0.25) is 5.28 Å². The van der Waals surface area contributed by atoms with Crippen LogP contribution in [0.3, 0.4) is 0 Å². The van der Waals surface area contributed by atoms with Gasteiger partial charge in [-0.25, -0.2) is 0 Å². The van der Waals surface area contributed by atoms with Gasteiger partial charge in [0.15, 0.2) is 0 Å². The van der Waals surface area contributed by atoms with E-state index < -0.39 is 0 Å². The van der Waals surface area contributed by atoms with Crippen LogP contribution in [0.1, 0.15) is 32.1 Å². The summed E-state index contributed by atoms with van der Waals surface area (Å²) in [4.78, 5) is 11.9. The summed E-state index contributed by atoms with van der Waals surface area (Å²) in [6.07, 6.45) is 6.60. The average Bonchev–Trinajstić information content (AvgIpc) is 2.81. The van der Waals surface area contributed by atoms with Crippen LogP contribution < -0.4 is 10.1 Å². The van der Waals surface area contributed by atoms with Gasteiger partial charge in [-0.3, -0.25) is 0 Å². The number of hydrogen-bond donors (Lipinski definition) is 1. The van der Waals surface area contributed by atoms with Gasteiger partial charge in [0.1, 0.15) is 0 Å². The minimum atomic E-state index is 0.153. The number of halogens is 1. The van der Waals surface area contributed by atoms with Crippen molar-refractivity contribution >= 4 is 17.5 Å². The second-order valence-electron chi connectivity index (χ2n) is 4.28. The minimum absolute atomic E-state index is 0.153. The number of rotatable bonds is 5. The molecule has 0 aromatic carbocycles. The van der Waals surface area contributed by atoms with Crippen LogP contribution in [0.4, 0.5) is 5.95 Å². The predicted molar refractivity (Wildman–Crippen MR) is 66.5 cm³/mol. The van der Waals surface area contributed by atoms with Crippen molar-refractivity contribution in [1.29, 1.82) is 0 Å². The Labute approximate surface area is 106 Å². The van der Waals surface area contributed by atoms with E-state index in [1.54, 1.807) is 0 Å². The van der Waals surface area contributed by atoms with E-state index in [9.17, 15) is 0 Å². The maximum absolute atomic E-state index is 5.75. The summed E-state index contributed by atoms with van der Waals surface area (Å²) in [6.45, 7) is 0.869. The van der Waals surface area contributed by atoms with Crippen molar-refractivity contribution in [2.45, 2.75) is 32.1 Å². The molecular formula is C11H17ClN4O. The van der Waals surface area contributed by atoms with E-state index in [-0.39, 0.29) is 11.3 Å². The van der Waals surface area contributed by atoms with E-state index in [0.717, 1.165) is 18.9 Å². The number of anilines is 1. The predicted octanol–water partition coefficient (Wildman–Crippen LogP) is 2.53. The molecule has 94 valence electrons. The third-order valence-electron chi connectivity index (χ3n) is 3.08. The molecule has 0 aliphatic heterocycles. The van der Waals surface area contributed by atoms with Crippen molar-refractivity contribution in [1.82, 2.24) is 15.0 Å². The first-order valence-corrected chi connectivity index (χ1v) is 6.35. The highest BCUT2D eigenvalue weighted by atomic mass is 35.5. The van der Waals surface area contributed by atoms with Crippen LogP contribution in [0.15, 0.2) is 0 Å². The van der Waals surface area contributed by atoms with Crippen LogP contribution in [0.25, 0.3) is 0 Å². The first-order valence-electron chi connectivity index (χ1n) is 5.97. The zero-order valence-corrected chi connectivity index (χ0v) is 10.7. The summed E-state index contributed by atoms with van der Waals surface area (Å²) in [5.41, 5.74) is 0. The van der Waals surface area contributed by atoms with Gasteiger partial charge in [-0.1, -0.05) is 25.7 Å². The molecule has 2 rings (SSSR count). The number of nitrogens with zero attached hydrogens (tertiary/aromatic N) is 3. The van der Waals surface area contributed by atoms with Gasteiger partial charge in [0.2, 0.25) is 11.2 Å². The Hall–Kier alpha value is -1.10. The maximum atomic E-state index is 5.75. The molecule has 0 radical (unpaired) electrons. The number of ether oxygens (including phenoxy) is 1. The fourth-order valence-corrected chi connectivity index (χ4v) is 2.34. The van der Waals surface area contributed by atoms with Gasteiger partial charge in [-0.05, 0) is 23.9 Å². The fraction of sp³-hybridized carbons (Fsp3) is 0.727. The fourth-order valence-electron chi connectivity index (χ4n) is 2.19. The summed E-state index contributed by atoms with van der Waals surface area (Å²) in [5, 5.41) is 3.31. The van der Waals surface area contributed by atoms with Crippen molar-refractivity contribution in [3.05, 3.63) is 5.28 Å². The Morgan fingerprint density at radius 1 is 1.29 bits per heavy atom. The Kier molecular flexibility index (Phi) is 4.36. The third kappa shape index (κ3) is 3.70. The highest BCUT2D eigenvalue weighted by molar-refractivity contribution is 6.28. The zero-order chi connectivity index (χ0) is 12.1. The molecule has 5 nitrogen and oxygen atoms in total. The van der Waals surface area contributed by atoms with Crippen molar-refractivity contribution < 1.29 is 4.74 Å². The SMILES string of the molecule is COc1nc(Cl)nc(NCCC2CCCC2)n1. The first-order chi connectivity index (χ1) is 8.28. The van der Waals surface area contributed by atoms with Crippen molar-refractivity contribution in [2.75, 3.05) is 19.0 Å². The number of methoxy groups -OCH3 is 1. The standard InChI is InChI=1S/C11H17ClN4O/c1-17-11-15-9(12)14-10(16-11)13-7-6-8-4-2-3-5-8/h8H,2-7H2,1H3,(H,13,14,15,16). The number of aromatic nitrogens is 3. The topological polar surface area (TPSA) is 59.9 Å². The average molecular weight is 257 g/mol.